The van der Waals surface area contributed by atoms with E-state index in [2.05, 4.69) is 80.6 Å². The first kappa shape index (κ1) is 27.4. The van der Waals surface area contributed by atoms with Crippen LogP contribution in [0.1, 0.15) is 40.1 Å². The summed E-state index contributed by atoms with van der Waals surface area (Å²) in [5.41, 5.74) is 5.40. The van der Waals surface area contributed by atoms with E-state index in [4.69, 9.17) is 27.2 Å². The van der Waals surface area contributed by atoms with Crippen LogP contribution in [-0.4, -0.2) is 36.8 Å². The van der Waals surface area contributed by atoms with E-state index in [1.54, 1.807) is 13.3 Å². The Kier molecular flexibility index (Phi) is 8.33. The fourth-order valence-electron chi connectivity index (χ4n) is 5.24. The van der Waals surface area contributed by atoms with Gasteiger partial charge in [0.2, 0.25) is 0 Å². The van der Waals surface area contributed by atoms with Crippen molar-refractivity contribution in [3.05, 3.63) is 143 Å². The van der Waals surface area contributed by atoms with Gasteiger partial charge < -0.3 is 19.6 Å². The predicted molar refractivity (Wildman–Crippen MR) is 170 cm³/mol. The van der Waals surface area contributed by atoms with Crippen LogP contribution in [0.4, 0.5) is 0 Å². The number of methoxy groups -OCH3 is 1. The van der Waals surface area contributed by atoms with Crippen LogP contribution in [0.25, 0.3) is 10.9 Å². The monoisotopic (exact) mass is 572 g/mol. The maximum absolute atomic E-state index is 5.86. The molecule has 6 rings (SSSR count). The van der Waals surface area contributed by atoms with Crippen LogP contribution in [-0.2, 0) is 25.8 Å². The molecular weight excluding hydrogens is 540 g/mol. The molecule has 0 aliphatic carbocycles. The largest absolute Gasteiger partial charge is 0.497 e. The second-order valence-corrected chi connectivity index (χ2v) is 10.6. The molecule has 0 aliphatic rings. The van der Waals surface area contributed by atoms with Crippen molar-refractivity contribution in [2.24, 2.45) is 0 Å². The molecule has 0 saturated carbocycles. The minimum absolute atomic E-state index is 0.241. The number of H-pyrrole nitrogens is 1. The number of aromatic amines is 1. The van der Waals surface area contributed by atoms with Gasteiger partial charge in [-0.1, -0.05) is 78.9 Å². The molecule has 0 spiro atoms. The number of nitrogens with one attached hydrogen (secondary N) is 2. The highest BCUT2D eigenvalue weighted by atomic mass is 32.1. The molecule has 8 heteroatoms. The zero-order chi connectivity index (χ0) is 28.7. The maximum Gasteiger partial charge on any atom is 0.156 e. The third kappa shape index (κ3) is 6.24. The van der Waals surface area contributed by atoms with E-state index in [9.17, 15) is 0 Å². The van der Waals surface area contributed by atoms with Crippen molar-refractivity contribution >= 4 is 28.1 Å². The molecule has 7 nitrogen and oxygen atoms in total. The Morgan fingerprint density at radius 3 is 2.45 bits per heavy atom. The zero-order valence-electron chi connectivity index (χ0n) is 23.4. The Morgan fingerprint density at radius 2 is 1.67 bits per heavy atom. The molecule has 3 aromatic carbocycles. The van der Waals surface area contributed by atoms with Gasteiger partial charge in [-0.25, -0.2) is 0 Å². The van der Waals surface area contributed by atoms with Gasteiger partial charge in [-0.05, 0) is 53.4 Å². The zero-order valence-corrected chi connectivity index (χ0v) is 24.2. The third-order valence-electron chi connectivity index (χ3n) is 7.45. The van der Waals surface area contributed by atoms with E-state index < -0.39 is 0 Å². The van der Waals surface area contributed by atoms with Crippen LogP contribution >= 0.6 is 12.2 Å². The summed E-state index contributed by atoms with van der Waals surface area (Å²) in [5.74, 6) is 2.59. The van der Waals surface area contributed by atoms with Gasteiger partial charge in [0.25, 0.3) is 0 Å². The number of para-hydroxylation sites is 1. The van der Waals surface area contributed by atoms with Gasteiger partial charge in [0.05, 0.1) is 25.4 Å². The van der Waals surface area contributed by atoms with E-state index in [1.165, 1.54) is 16.5 Å². The summed E-state index contributed by atoms with van der Waals surface area (Å²) in [6.45, 7) is 0.624. The summed E-state index contributed by atoms with van der Waals surface area (Å²) in [4.78, 5) is 8.47. The Hall–Kier alpha value is -4.82. The van der Waals surface area contributed by atoms with E-state index in [0.29, 0.717) is 18.0 Å². The van der Waals surface area contributed by atoms with Gasteiger partial charge in [-0.3, -0.25) is 4.98 Å². The van der Waals surface area contributed by atoms with Crippen LogP contribution in [0.5, 0.6) is 5.75 Å². The second kappa shape index (κ2) is 12.8. The minimum Gasteiger partial charge on any atom is -0.497 e. The van der Waals surface area contributed by atoms with Gasteiger partial charge in [-0.2, -0.15) is 0 Å². The smallest absolute Gasteiger partial charge is 0.156 e. The Morgan fingerprint density at radius 1 is 0.881 bits per heavy atom. The average molecular weight is 573 g/mol. The summed E-state index contributed by atoms with van der Waals surface area (Å²) >= 11 is 5.86. The van der Waals surface area contributed by atoms with Crippen molar-refractivity contribution in [3.63, 3.8) is 0 Å². The van der Waals surface area contributed by atoms with Crippen LogP contribution in [0, 0.1) is 0 Å². The van der Waals surface area contributed by atoms with Crippen molar-refractivity contribution in [1.82, 2.24) is 30.0 Å². The molecule has 210 valence electrons. The molecule has 0 saturated heterocycles. The lowest BCUT2D eigenvalue weighted by molar-refractivity contribution is 0.414. The summed E-state index contributed by atoms with van der Waals surface area (Å²) in [7, 11) is 1.68. The first-order valence-corrected chi connectivity index (χ1v) is 14.4. The SMILES string of the molecule is COc1ccc(Cn2c(CCc3ccccc3)nnc2[C@@H](Cc2c[nH]c3ccccc23)NC(=S)c2ccccn2)cc1. The van der Waals surface area contributed by atoms with Crippen molar-refractivity contribution in [3.8, 4) is 5.75 Å². The highest BCUT2D eigenvalue weighted by molar-refractivity contribution is 7.80. The van der Waals surface area contributed by atoms with Crippen molar-refractivity contribution < 1.29 is 4.74 Å². The molecule has 0 radical (unpaired) electrons. The van der Waals surface area contributed by atoms with E-state index in [0.717, 1.165) is 47.0 Å². The Labute approximate surface area is 250 Å². The first-order chi connectivity index (χ1) is 20.7. The van der Waals surface area contributed by atoms with Crippen LogP contribution in [0.3, 0.4) is 0 Å². The number of pyridine rings is 1. The molecule has 6 aromatic rings. The number of benzene rings is 3. The lowest BCUT2D eigenvalue weighted by atomic mass is 10.0. The number of rotatable bonds is 11. The molecule has 2 N–H and O–H groups in total. The van der Waals surface area contributed by atoms with E-state index in [1.807, 2.05) is 42.5 Å². The topological polar surface area (TPSA) is 80.6 Å². The normalized spacial score (nSPS) is 11.8. The van der Waals surface area contributed by atoms with Crippen LogP contribution < -0.4 is 10.1 Å². The van der Waals surface area contributed by atoms with Crippen LogP contribution in [0.2, 0.25) is 0 Å². The van der Waals surface area contributed by atoms with E-state index in [-0.39, 0.29) is 6.04 Å². The maximum atomic E-state index is 5.86. The lowest BCUT2D eigenvalue weighted by Crippen LogP contribution is -2.32. The van der Waals surface area contributed by atoms with Gasteiger partial charge in [0, 0.05) is 36.1 Å². The summed E-state index contributed by atoms with van der Waals surface area (Å²) in [6.07, 6.45) is 6.12. The molecule has 0 bridgehead atoms. The van der Waals surface area contributed by atoms with Gasteiger partial charge in [0.15, 0.2) is 5.82 Å². The minimum atomic E-state index is -0.241. The number of nitrogens with zero attached hydrogens (tertiary/aromatic N) is 4. The Balaban J connectivity index is 1.38. The molecular formula is C34H32N6OS. The second-order valence-electron chi connectivity index (χ2n) is 10.2. The highest BCUT2D eigenvalue weighted by Crippen LogP contribution is 2.26. The first-order valence-electron chi connectivity index (χ1n) is 14.0. The molecule has 0 aliphatic heterocycles. The quantitative estimate of drug-likeness (QED) is 0.179. The number of aromatic nitrogens is 5. The molecule has 0 fully saturated rings. The van der Waals surface area contributed by atoms with Crippen molar-refractivity contribution in [1.29, 1.82) is 0 Å². The fraction of sp³-hybridized carbons (Fsp3) is 0.176. The predicted octanol–water partition coefficient (Wildman–Crippen LogP) is 6.25. The van der Waals surface area contributed by atoms with Gasteiger partial charge in [-0.15, -0.1) is 10.2 Å². The number of fused-ring (bicyclic) bond motifs is 1. The summed E-state index contributed by atoms with van der Waals surface area (Å²) < 4.78 is 7.63. The standard InChI is InChI=1S/C34H32N6OS/c1-41-27-17-14-25(15-18-27)23-40-32(19-16-24-9-3-2-4-10-24)38-39-33(40)31(37-34(42)30-13-7-8-20-35-30)21-26-22-36-29-12-6-5-11-28(26)29/h2-15,17-18,20,22,31,36H,16,19,21,23H2,1H3,(H,37,42)/t31-/m1/s1. The molecule has 0 unspecified atom stereocenters. The summed E-state index contributed by atoms with van der Waals surface area (Å²) in [5, 5.41) is 14.3. The highest BCUT2D eigenvalue weighted by Gasteiger charge is 2.25. The third-order valence-corrected chi connectivity index (χ3v) is 7.78. The van der Waals surface area contributed by atoms with Crippen molar-refractivity contribution in [2.45, 2.75) is 31.8 Å². The Bertz CT molecular complexity index is 1760. The van der Waals surface area contributed by atoms with Gasteiger partial charge >= 0.3 is 0 Å². The number of aryl methyl sites for hydroxylation is 2. The number of hydrogen-bond donors (Lipinski definition) is 2. The number of hydrogen-bond acceptors (Lipinski definition) is 5. The van der Waals surface area contributed by atoms with Crippen LogP contribution in [0.15, 0.2) is 109 Å². The average Bonchev–Trinajstić information content (AvgIpc) is 3.64. The van der Waals surface area contributed by atoms with E-state index >= 15 is 0 Å². The molecule has 3 heterocycles. The number of ether oxygens (including phenoxy) is 1. The number of thiocarbonyl (C=S) groups is 1. The fourth-order valence-corrected chi connectivity index (χ4v) is 5.50. The van der Waals surface area contributed by atoms with Gasteiger partial charge in [0.1, 0.15) is 16.6 Å². The molecule has 1 atom stereocenters. The molecule has 3 aromatic heterocycles. The van der Waals surface area contributed by atoms with Crippen molar-refractivity contribution in [2.75, 3.05) is 7.11 Å². The molecule has 0 amide bonds. The molecule has 42 heavy (non-hydrogen) atoms. The summed E-state index contributed by atoms with van der Waals surface area (Å²) in [6, 6.07) is 32.5. The lowest BCUT2D eigenvalue weighted by Gasteiger charge is -2.21.